The molecule has 0 fully saturated rings. The molecule has 0 aromatic heterocycles. The van der Waals surface area contributed by atoms with E-state index >= 15 is 0 Å². The highest BCUT2D eigenvalue weighted by atomic mass is 32.2. The zero-order chi connectivity index (χ0) is 31.2. The highest BCUT2D eigenvalue weighted by Crippen LogP contribution is 2.33. The number of ether oxygens (including phenoxy) is 1. The van der Waals surface area contributed by atoms with E-state index in [9.17, 15) is 39.1 Å². The SMILES string of the molecule is Fc1c(F)c(F)c([B-](F)(F)F)c(F)c1F.O=[S+](Cc1ccc(Oc2ccccc2)cc1)(c1ccccc1)c1ccccc1. The van der Waals surface area contributed by atoms with Crippen molar-refractivity contribution >= 4 is 22.4 Å². The Kier molecular flexibility index (Phi) is 9.70. The molecule has 0 aliphatic rings. The molecule has 0 saturated carbocycles. The number of para-hydroxylation sites is 1. The fourth-order valence-corrected chi connectivity index (χ4v) is 6.47. The van der Waals surface area contributed by atoms with Crippen LogP contribution in [0.5, 0.6) is 11.5 Å². The van der Waals surface area contributed by atoms with Crippen LogP contribution < -0.4 is 10.2 Å². The minimum Gasteiger partial charge on any atom is -0.457 e. The lowest BCUT2D eigenvalue weighted by atomic mass is 9.79. The summed E-state index contributed by atoms with van der Waals surface area (Å²) in [6, 6.07) is 37.0. The quantitative estimate of drug-likeness (QED) is 0.0597. The van der Waals surface area contributed by atoms with Crippen LogP contribution in [0.1, 0.15) is 5.56 Å². The average Bonchev–Trinajstić information content (AvgIpc) is 3.01. The first-order valence-electron chi connectivity index (χ1n) is 12.6. The summed E-state index contributed by atoms with van der Waals surface area (Å²) in [6.07, 6.45) is 0. The Bertz CT molecular complexity index is 1640. The van der Waals surface area contributed by atoms with Gasteiger partial charge in [0.25, 0.3) is 0 Å². The van der Waals surface area contributed by atoms with E-state index in [0.717, 1.165) is 26.9 Å². The van der Waals surface area contributed by atoms with Crippen LogP contribution in [0.3, 0.4) is 0 Å². The van der Waals surface area contributed by atoms with Gasteiger partial charge in [-0.25, -0.2) is 22.0 Å². The summed E-state index contributed by atoms with van der Waals surface area (Å²) in [4.78, 5) is 1.71. The number of halogens is 8. The first kappa shape index (κ1) is 31.5. The van der Waals surface area contributed by atoms with Gasteiger partial charge in [0.1, 0.15) is 28.9 Å². The predicted octanol–water partition coefficient (Wildman–Crippen LogP) is 9.03. The van der Waals surface area contributed by atoms with Crippen molar-refractivity contribution in [3.63, 3.8) is 0 Å². The molecule has 5 rings (SSSR count). The molecule has 0 saturated heterocycles. The van der Waals surface area contributed by atoms with Crippen LogP contribution >= 0.6 is 0 Å². The molecule has 0 spiro atoms. The number of hydrogen-bond acceptors (Lipinski definition) is 2. The lowest BCUT2D eigenvalue weighted by Crippen LogP contribution is -2.41. The number of rotatable bonds is 7. The lowest BCUT2D eigenvalue weighted by Gasteiger charge is -2.17. The van der Waals surface area contributed by atoms with Crippen LogP contribution in [0.25, 0.3) is 0 Å². The summed E-state index contributed by atoms with van der Waals surface area (Å²) in [5, 5.41) is 0. The minimum atomic E-state index is -6.30. The van der Waals surface area contributed by atoms with Gasteiger partial charge in [-0.1, -0.05) is 70.9 Å². The molecule has 0 heterocycles. The maximum absolute atomic E-state index is 14.1. The molecule has 222 valence electrons. The molecule has 0 amide bonds. The molecule has 12 heteroatoms. The molecular weight excluding hydrogens is 599 g/mol. The van der Waals surface area contributed by atoms with E-state index in [1.165, 1.54) is 0 Å². The molecule has 0 aliphatic carbocycles. The zero-order valence-corrected chi connectivity index (χ0v) is 22.8. The third-order valence-electron chi connectivity index (χ3n) is 6.09. The van der Waals surface area contributed by atoms with Gasteiger partial charge in [-0.05, 0) is 54.0 Å². The van der Waals surface area contributed by atoms with Crippen LogP contribution in [0.15, 0.2) is 125 Å². The molecule has 0 atom stereocenters. The lowest BCUT2D eigenvalue weighted by molar-refractivity contribution is 0.377. The van der Waals surface area contributed by atoms with Crippen molar-refractivity contribution in [2.75, 3.05) is 0 Å². The summed E-state index contributed by atoms with van der Waals surface area (Å²) in [5.41, 5.74) is -1.72. The van der Waals surface area contributed by atoms with Gasteiger partial charge < -0.3 is 17.7 Å². The largest absolute Gasteiger partial charge is 0.515 e. The Morgan fingerprint density at radius 3 is 1.30 bits per heavy atom. The smallest absolute Gasteiger partial charge is 0.457 e. The van der Waals surface area contributed by atoms with Gasteiger partial charge in [0.05, 0.1) is 0 Å². The summed E-state index contributed by atoms with van der Waals surface area (Å²) in [7, 11) is -2.41. The van der Waals surface area contributed by atoms with Crippen LogP contribution in [0, 0.1) is 29.1 Å². The molecule has 43 heavy (non-hydrogen) atoms. The van der Waals surface area contributed by atoms with Crippen molar-refractivity contribution in [2.45, 2.75) is 15.5 Å². The second-order valence-corrected chi connectivity index (χ2v) is 11.6. The van der Waals surface area contributed by atoms with Crippen LogP contribution in [0.2, 0.25) is 0 Å². The zero-order valence-electron chi connectivity index (χ0n) is 22.0. The second-order valence-electron chi connectivity index (χ2n) is 9.06. The Morgan fingerprint density at radius 1 is 0.512 bits per heavy atom. The van der Waals surface area contributed by atoms with Gasteiger partial charge >= 0.3 is 6.98 Å². The van der Waals surface area contributed by atoms with Crippen molar-refractivity contribution < 1.29 is 43.8 Å². The van der Waals surface area contributed by atoms with Gasteiger partial charge in [-0.3, -0.25) is 0 Å². The molecule has 5 aromatic rings. The maximum Gasteiger partial charge on any atom is 0.515 e. The summed E-state index contributed by atoms with van der Waals surface area (Å²) >= 11 is 0. The van der Waals surface area contributed by atoms with Gasteiger partial charge in [0.15, 0.2) is 37.2 Å². The van der Waals surface area contributed by atoms with Crippen molar-refractivity contribution in [2.24, 2.45) is 0 Å². The molecular formula is C31H21BF8O2S. The van der Waals surface area contributed by atoms with Crippen molar-refractivity contribution in [1.29, 1.82) is 0 Å². The van der Waals surface area contributed by atoms with Gasteiger partial charge in [-0.15, -0.1) is 0 Å². The monoisotopic (exact) mass is 620 g/mol. The van der Waals surface area contributed by atoms with E-state index in [4.69, 9.17) is 4.74 Å². The summed E-state index contributed by atoms with van der Waals surface area (Å²) in [6.45, 7) is -6.30. The predicted molar refractivity (Wildman–Crippen MR) is 149 cm³/mol. The number of hydrogen-bond donors (Lipinski definition) is 0. The molecule has 0 radical (unpaired) electrons. The van der Waals surface area contributed by atoms with E-state index in [0.29, 0.717) is 5.75 Å². The highest BCUT2D eigenvalue weighted by molar-refractivity contribution is 8.02. The molecule has 0 bridgehead atoms. The Hall–Kier alpha value is -4.45. The standard InChI is InChI=1S/C25H21O2S.C6BF8/c26-28(24-12-6-2-7-13-24,25-14-8-3-9-15-25)20-21-16-18-23(19-17-21)27-22-10-4-1-5-11-22;8-2-1(7(13,14)15)3(9)5(11)6(12)4(2)10/h1-19H,20H2;/q+1;-1. The number of benzene rings is 5. The maximum atomic E-state index is 14.1. The Balaban J connectivity index is 0.000000239. The second kappa shape index (κ2) is 13.2. The van der Waals surface area contributed by atoms with E-state index in [1.54, 1.807) is 0 Å². The normalized spacial score (nSPS) is 11.4. The molecule has 0 unspecified atom stereocenters. The summed E-state index contributed by atoms with van der Waals surface area (Å²) in [5.74, 6) is -11.5. The van der Waals surface area contributed by atoms with Crippen molar-refractivity contribution in [1.82, 2.24) is 0 Å². The first-order chi connectivity index (χ1) is 20.4. The first-order valence-corrected chi connectivity index (χ1v) is 14.3. The Labute approximate surface area is 243 Å². The Morgan fingerprint density at radius 2 is 0.884 bits per heavy atom. The van der Waals surface area contributed by atoms with Crippen LogP contribution in [-0.2, 0) is 19.9 Å². The van der Waals surface area contributed by atoms with E-state index in [-0.39, 0.29) is 0 Å². The van der Waals surface area contributed by atoms with Gasteiger partial charge in [-0.2, -0.15) is 0 Å². The molecule has 0 N–H and O–H groups in total. The van der Waals surface area contributed by atoms with Crippen molar-refractivity contribution in [3.05, 3.63) is 150 Å². The molecule has 5 aromatic carbocycles. The molecule has 0 aliphatic heterocycles. The van der Waals surface area contributed by atoms with E-state index in [2.05, 4.69) is 0 Å². The molecule has 2 nitrogen and oxygen atoms in total. The van der Waals surface area contributed by atoms with Gasteiger partial charge in [0.2, 0.25) is 0 Å². The fraction of sp³-hybridized carbons (Fsp3) is 0.0323. The van der Waals surface area contributed by atoms with E-state index in [1.807, 2.05) is 115 Å². The third kappa shape index (κ3) is 7.32. The van der Waals surface area contributed by atoms with Crippen molar-refractivity contribution in [3.8, 4) is 11.5 Å². The third-order valence-corrected chi connectivity index (χ3v) is 8.90. The highest BCUT2D eigenvalue weighted by Gasteiger charge is 2.38. The van der Waals surface area contributed by atoms with Crippen LogP contribution in [0.4, 0.5) is 34.9 Å². The minimum absolute atomic E-state index is 0.451. The topological polar surface area (TPSA) is 26.3 Å². The average molecular weight is 620 g/mol. The van der Waals surface area contributed by atoms with Crippen LogP contribution in [-0.4, -0.2) is 6.98 Å². The van der Waals surface area contributed by atoms with E-state index < -0.39 is 51.5 Å². The summed E-state index contributed by atoms with van der Waals surface area (Å²) < 4.78 is 118. The van der Waals surface area contributed by atoms with Gasteiger partial charge in [0, 0.05) is 5.56 Å². The fourth-order valence-electron chi connectivity index (χ4n) is 4.01.